The molecule has 0 radical (unpaired) electrons. The minimum absolute atomic E-state index is 0.0203. The molecular weight excluding hydrogens is 345 g/mol. The van der Waals surface area contributed by atoms with Gasteiger partial charge in [0.05, 0.1) is 18.3 Å². The van der Waals surface area contributed by atoms with Crippen LogP contribution in [-0.4, -0.2) is 23.1 Å². The van der Waals surface area contributed by atoms with Gasteiger partial charge in [0.2, 0.25) is 0 Å². The Labute approximate surface area is 155 Å². The molecule has 136 valence electrons. The van der Waals surface area contributed by atoms with E-state index in [1.807, 2.05) is 13.0 Å². The number of aromatic nitrogens is 2. The second-order valence-corrected chi connectivity index (χ2v) is 6.63. The van der Waals surface area contributed by atoms with Crippen molar-refractivity contribution in [3.05, 3.63) is 60.2 Å². The van der Waals surface area contributed by atoms with Crippen molar-refractivity contribution in [2.75, 3.05) is 18.5 Å². The third kappa shape index (κ3) is 2.69. The van der Waals surface area contributed by atoms with Crippen molar-refractivity contribution in [1.29, 1.82) is 0 Å². The molecule has 1 aliphatic rings. The van der Waals surface area contributed by atoms with Crippen LogP contribution in [0.15, 0.2) is 53.2 Å². The summed E-state index contributed by atoms with van der Waals surface area (Å²) in [5.41, 5.74) is 4.51. The zero-order valence-corrected chi connectivity index (χ0v) is 14.8. The van der Waals surface area contributed by atoms with E-state index in [1.165, 1.54) is 12.1 Å². The largest absolute Gasteiger partial charge is 0.455 e. The number of furan rings is 1. The molecule has 4 aromatic rings. The van der Waals surface area contributed by atoms with E-state index in [0.29, 0.717) is 18.2 Å². The van der Waals surface area contributed by atoms with Crippen molar-refractivity contribution in [3.8, 4) is 22.7 Å². The maximum atomic E-state index is 13.4. The fourth-order valence-electron chi connectivity index (χ4n) is 3.60. The van der Waals surface area contributed by atoms with Gasteiger partial charge in [0.15, 0.2) is 0 Å². The maximum absolute atomic E-state index is 13.4. The number of imidazole rings is 1. The number of hydrogen-bond donors (Lipinski definition) is 2. The molecule has 0 saturated carbocycles. The predicted octanol–water partition coefficient (Wildman–Crippen LogP) is 5.13. The standard InChI is InChI=1S/C21H18FN3O2/c1-12-15-10-16-18(11-17(15)23-8-9-26-12)27-20(13-2-4-14(22)5-3-13)19(16)21-24-6-7-25-21/h2-7,10-12,23H,8-9H2,1H3,(H,24,25). The number of anilines is 1. The van der Waals surface area contributed by atoms with Gasteiger partial charge >= 0.3 is 0 Å². The minimum Gasteiger partial charge on any atom is -0.455 e. The van der Waals surface area contributed by atoms with Crippen LogP contribution >= 0.6 is 0 Å². The summed E-state index contributed by atoms with van der Waals surface area (Å²) in [6.45, 7) is 3.45. The average molecular weight is 363 g/mol. The normalized spacial score (nSPS) is 16.7. The molecule has 1 atom stereocenters. The quantitative estimate of drug-likeness (QED) is 0.518. The van der Waals surface area contributed by atoms with Gasteiger partial charge in [0.1, 0.15) is 23.0 Å². The molecule has 2 aromatic carbocycles. The van der Waals surface area contributed by atoms with E-state index in [9.17, 15) is 4.39 Å². The summed E-state index contributed by atoms with van der Waals surface area (Å²) < 4.78 is 25.5. The Balaban J connectivity index is 1.80. The number of rotatable bonds is 2. The number of nitrogens with zero attached hydrogens (tertiary/aromatic N) is 1. The Kier molecular flexibility index (Phi) is 3.72. The molecule has 5 nitrogen and oxygen atoms in total. The number of nitrogens with one attached hydrogen (secondary N) is 2. The number of hydrogen-bond acceptors (Lipinski definition) is 4. The van der Waals surface area contributed by atoms with Gasteiger partial charge in [-0.15, -0.1) is 0 Å². The van der Waals surface area contributed by atoms with Crippen molar-refractivity contribution in [2.45, 2.75) is 13.0 Å². The van der Waals surface area contributed by atoms with E-state index >= 15 is 0 Å². The molecule has 0 amide bonds. The number of ether oxygens (including phenoxy) is 1. The summed E-state index contributed by atoms with van der Waals surface area (Å²) in [6.07, 6.45) is 3.46. The fraction of sp³-hybridized carbons (Fsp3) is 0.190. The lowest BCUT2D eigenvalue weighted by atomic mass is 10.0. The second kappa shape index (κ2) is 6.25. The molecule has 0 fully saturated rings. The Morgan fingerprint density at radius 2 is 2.04 bits per heavy atom. The highest BCUT2D eigenvalue weighted by atomic mass is 19.1. The smallest absolute Gasteiger partial charge is 0.146 e. The molecule has 2 N–H and O–H groups in total. The first-order valence-corrected chi connectivity index (χ1v) is 8.92. The first-order valence-electron chi connectivity index (χ1n) is 8.92. The van der Waals surface area contributed by atoms with Crippen LogP contribution in [0.5, 0.6) is 0 Å². The van der Waals surface area contributed by atoms with Crippen LogP contribution in [0, 0.1) is 5.82 Å². The van der Waals surface area contributed by atoms with Gasteiger partial charge in [0, 0.05) is 47.2 Å². The van der Waals surface area contributed by atoms with Crippen LogP contribution in [-0.2, 0) is 4.74 Å². The predicted molar refractivity (Wildman–Crippen MR) is 102 cm³/mol. The van der Waals surface area contributed by atoms with Gasteiger partial charge in [-0.2, -0.15) is 0 Å². The molecule has 1 aliphatic heterocycles. The van der Waals surface area contributed by atoms with Crippen LogP contribution in [0.4, 0.5) is 10.1 Å². The van der Waals surface area contributed by atoms with Gasteiger partial charge in [0.25, 0.3) is 0 Å². The lowest BCUT2D eigenvalue weighted by Gasteiger charge is -2.12. The van der Waals surface area contributed by atoms with Crippen LogP contribution in [0.2, 0.25) is 0 Å². The third-order valence-electron chi connectivity index (χ3n) is 4.92. The van der Waals surface area contributed by atoms with E-state index in [4.69, 9.17) is 9.15 Å². The molecule has 0 spiro atoms. The number of fused-ring (bicyclic) bond motifs is 2. The molecule has 0 aliphatic carbocycles. The lowest BCUT2D eigenvalue weighted by molar-refractivity contribution is 0.0778. The van der Waals surface area contributed by atoms with Gasteiger partial charge in [-0.25, -0.2) is 9.37 Å². The van der Waals surface area contributed by atoms with Crippen LogP contribution < -0.4 is 5.32 Å². The Hall–Kier alpha value is -3.12. The topological polar surface area (TPSA) is 63.1 Å². The lowest BCUT2D eigenvalue weighted by Crippen LogP contribution is -2.04. The first kappa shape index (κ1) is 16.1. The second-order valence-electron chi connectivity index (χ2n) is 6.63. The highest BCUT2D eigenvalue weighted by Gasteiger charge is 2.23. The van der Waals surface area contributed by atoms with Crippen LogP contribution in [0.1, 0.15) is 18.6 Å². The van der Waals surface area contributed by atoms with Crippen molar-refractivity contribution in [3.63, 3.8) is 0 Å². The highest BCUT2D eigenvalue weighted by Crippen LogP contribution is 2.43. The molecule has 6 heteroatoms. The zero-order chi connectivity index (χ0) is 18.4. The summed E-state index contributed by atoms with van der Waals surface area (Å²) >= 11 is 0. The Bertz CT molecular complexity index is 1100. The molecule has 3 heterocycles. The molecule has 5 rings (SSSR count). The van der Waals surface area contributed by atoms with E-state index in [0.717, 1.165) is 39.9 Å². The summed E-state index contributed by atoms with van der Waals surface area (Å²) in [5.74, 6) is 1.09. The molecule has 27 heavy (non-hydrogen) atoms. The summed E-state index contributed by atoms with van der Waals surface area (Å²) in [6, 6.07) is 10.4. The van der Waals surface area contributed by atoms with E-state index in [1.54, 1.807) is 24.5 Å². The summed E-state index contributed by atoms with van der Waals surface area (Å²) in [7, 11) is 0. The summed E-state index contributed by atoms with van der Waals surface area (Å²) in [5, 5.41) is 4.35. The van der Waals surface area contributed by atoms with Crippen LogP contribution in [0.25, 0.3) is 33.7 Å². The Morgan fingerprint density at radius 3 is 2.81 bits per heavy atom. The maximum Gasteiger partial charge on any atom is 0.146 e. The average Bonchev–Trinajstić information content (AvgIpc) is 3.27. The Morgan fingerprint density at radius 1 is 1.19 bits per heavy atom. The van der Waals surface area contributed by atoms with Crippen molar-refractivity contribution in [1.82, 2.24) is 9.97 Å². The number of halogens is 1. The molecule has 0 bridgehead atoms. The number of benzene rings is 2. The highest BCUT2D eigenvalue weighted by molar-refractivity contribution is 6.01. The first-order chi connectivity index (χ1) is 13.2. The molecule has 2 aromatic heterocycles. The SMILES string of the molecule is CC1OCCNc2cc3oc(-c4ccc(F)cc4)c(-c4ncc[nH]4)c3cc21. The number of aromatic amines is 1. The van der Waals surface area contributed by atoms with Gasteiger partial charge < -0.3 is 19.5 Å². The molecule has 0 saturated heterocycles. The number of H-pyrrole nitrogens is 1. The summed E-state index contributed by atoms with van der Waals surface area (Å²) in [4.78, 5) is 7.59. The van der Waals surface area contributed by atoms with E-state index in [-0.39, 0.29) is 11.9 Å². The fourth-order valence-corrected chi connectivity index (χ4v) is 3.60. The van der Waals surface area contributed by atoms with E-state index < -0.39 is 0 Å². The molecular formula is C21H18FN3O2. The minimum atomic E-state index is -0.281. The van der Waals surface area contributed by atoms with Gasteiger partial charge in [-0.05, 0) is 37.3 Å². The van der Waals surface area contributed by atoms with Gasteiger partial charge in [-0.3, -0.25) is 0 Å². The van der Waals surface area contributed by atoms with Crippen molar-refractivity contribution >= 4 is 16.7 Å². The third-order valence-corrected chi connectivity index (χ3v) is 4.92. The van der Waals surface area contributed by atoms with E-state index in [2.05, 4.69) is 21.4 Å². The van der Waals surface area contributed by atoms with Crippen molar-refractivity contribution in [2.24, 2.45) is 0 Å². The monoisotopic (exact) mass is 363 g/mol. The molecule has 1 unspecified atom stereocenters. The van der Waals surface area contributed by atoms with Crippen LogP contribution in [0.3, 0.4) is 0 Å². The zero-order valence-electron chi connectivity index (χ0n) is 14.8. The van der Waals surface area contributed by atoms with Gasteiger partial charge in [-0.1, -0.05) is 0 Å². The van der Waals surface area contributed by atoms with Crippen molar-refractivity contribution < 1.29 is 13.5 Å².